The van der Waals surface area contributed by atoms with Gasteiger partial charge in [-0.05, 0) is 69.1 Å². The van der Waals surface area contributed by atoms with E-state index in [1.54, 1.807) is 7.11 Å². The Morgan fingerprint density at radius 1 is 1.03 bits per heavy atom. The molecule has 0 spiro atoms. The molecule has 0 bridgehead atoms. The van der Waals surface area contributed by atoms with Gasteiger partial charge in [-0.25, -0.2) is 0 Å². The van der Waals surface area contributed by atoms with E-state index in [-0.39, 0.29) is 11.9 Å². The van der Waals surface area contributed by atoms with Crippen LogP contribution in [0.5, 0.6) is 5.75 Å². The first kappa shape index (κ1) is 25.2. The van der Waals surface area contributed by atoms with Crippen molar-refractivity contribution in [2.24, 2.45) is 0 Å². The van der Waals surface area contributed by atoms with E-state index < -0.39 is 0 Å². The van der Waals surface area contributed by atoms with Crippen molar-refractivity contribution in [3.8, 4) is 5.75 Å². The van der Waals surface area contributed by atoms with Gasteiger partial charge in [-0.3, -0.25) is 4.90 Å². The highest BCUT2D eigenvalue weighted by Crippen LogP contribution is 2.52. The first-order chi connectivity index (χ1) is 15.5. The zero-order valence-corrected chi connectivity index (χ0v) is 21.8. The summed E-state index contributed by atoms with van der Waals surface area (Å²) in [6.07, 6.45) is 7.47. The number of aryl methyl sites for hydroxylation is 2. The molecule has 2 aromatic rings. The molecule has 1 aliphatic heterocycles. The van der Waals surface area contributed by atoms with E-state index in [1.165, 1.54) is 59.9 Å². The lowest BCUT2D eigenvalue weighted by molar-refractivity contribution is 0.0494. The maximum Gasteiger partial charge on any atom is 0.188 e. The number of hydrogen-bond donors (Lipinski definition) is 0. The highest BCUT2D eigenvalue weighted by molar-refractivity contribution is 7.48. The van der Waals surface area contributed by atoms with E-state index in [9.17, 15) is 0 Å². The number of benzene rings is 2. The summed E-state index contributed by atoms with van der Waals surface area (Å²) in [6.45, 7) is 12.9. The predicted molar refractivity (Wildman–Crippen MR) is 139 cm³/mol. The van der Waals surface area contributed by atoms with Crippen molar-refractivity contribution >= 4 is 13.9 Å². The summed E-state index contributed by atoms with van der Waals surface area (Å²) in [5.41, 5.74) is 5.38. The average Bonchev–Trinajstić information content (AvgIpc) is 2.79. The molecule has 4 heteroatoms. The first-order valence-corrected chi connectivity index (χ1v) is 13.3. The van der Waals surface area contributed by atoms with Crippen molar-refractivity contribution in [1.82, 2.24) is 4.90 Å². The van der Waals surface area contributed by atoms with Crippen molar-refractivity contribution < 1.29 is 9.47 Å². The normalized spacial score (nSPS) is 17.0. The van der Waals surface area contributed by atoms with Crippen molar-refractivity contribution in [2.75, 3.05) is 27.0 Å². The van der Waals surface area contributed by atoms with E-state index in [1.807, 2.05) is 0 Å². The number of likely N-dealkylation sites (tertiary alicyclic amines) is 1. The Morgan fingerprint density at radius 3 is 2.47 bits per heavy atom. The molecule has 0 amide bonds. The third-order valence-electron chi connectivity index (χ3n) is 6.77. The van der Waals surface area contributed by atoms with Crippen LogP contribution in [0.3, 0.4) is 0 Å². The molecule has 3 rings (SSSR count). The van der Waals surface area contributed by atoms with Gasteiger partial charge in [0.1, 0.15) is 5.75 Å². The van der Waals surface area contributed by atoms with Crippen LogP contribution in [0, 0.1) is 13.8 Å². The van der Waals surface area contributed by atoms with Crippen LogP contribution >= 0.6 is 8.58 Å². The molecule has 1 heterocycles. The number of hydrogen-bond acceptors (Lipinski definition) is 3. The van der Waals surface area contributed by atoms with E-state index in [4.69, 9.17) is 9.47 Å². The minimum Gasteiger partial charge on any atom is -0.467 e. The summed E-state index contributed by atoms with van der Waals surface area (Å²) in [6, 6.07) is 13.8. The highest BCUT2D eigenvalue weighted by atomic mass is 31.1. The van der Waals surface area contributed by atoms with Crippen LogP contribution in [0.25, 0.3) is 0 Å². The van der Waals surface area contributed by atoms with Gasteiger partial charge in [-0.2, -0.15) is 0 Å². The van der Waals surface area contributed by atoms with E-state index in [0.29, 0.717) is 8.58 Å². The van der Waals surface area contributed by atoms with E-state index in [0.717, 1.165) is 31.6 Å². The summed E-state index contributed by atoms with van der Waals surface area (Å²) in [5.74, 6) is 1.02. The maximum absolute atomic E-state index is 6.19. The molecule has 0 aromatic heterocycles. The summed E-state index contributed by atoms with van der Waals surface area (Å²) in [4.78, 5) is 2.64. The van der Waals surface area contributed by atoms with Gasteiger partial charge in [0, 0.05) is 24.4 Å². The zero-order valence-electron chi connectivity index (χ0n) is 20.8. The molecule has 3 nitrogen and oxygen atoms in total. The fourth-order valence-electron chi connectivity index (χ4n) is 5.16. The second-order valence-corrected chi connectivity index (χ2v) is 11.1. The Hall–Kier alpha value is -1.41. The second-order valence-electron chi connectivity index (χ2n) is 9.31. The molecule has 1 fully saturated rings. The molecule has 0 N–H and O–H groups in total. The van der Waals surface area contributed by atoms with Crippen LogP contribution < -0.4 is 10.0 Å². The van der Waals surface area contributed by atoms with Gasteiger partial charge in [0.15, 0.2) is 6.79 Å². The Labute approximate surface area is 197 Å². The van der Waals surface area contributed by atoms with E-state index >= 15 is 0 Å². The second kappa shape index (κ2) is 12.2. The molecule has 0 radical (unpaired) electrons. The lowest BCUT2D eigenvalue weighted by atomic mass is 9.87. The fraction of sp³-hybridized carbons (Fsp3) is 0.571. The van der Waals surface area contributed by atoms with Crippen molar-refractivity contribution in [3.63, 3.8) is 0 Å². The zero-order chi connectivity index (χ0) is 23.0. The van der Waals surface area contributed by atoms with Crippen molar-refractivity contribution in [1.29, 1.82) is 0 Å². The summed E-state index contributed by atoms with van der Waals surface area (Å²) < 4.78 is 11.5. The Morgan fingerprint density at radius 2 is 1.78 bits per heavy atom. The number of ether oxygens (including phenoxy) is 2. The molecule has 1 saturated heterocycles. The standard InChI is InChI=1S/C28H42NO2P/c1-6-15-28(7-2,25-19-22(3)18-23(4)27(25)31-21-30-5)32-26-14-10-9-13-24(26)20-29-16-11-8-12-17-29/h9-10,13-14,18-19,32H,6-8,11-12,15-17,20-21H2,1-5H3. The molecule has 0 aliphatic carbocycles. The van der Waals surface area contributed by atoms with Crippen LogP contribution in [0.2, 0.25) is 0 Å². The molecule has 1 aliphatic rings. The Bertz CT molecular complexity index is 863. The molecular weight excluding hydrogens is 413 g/mol. The number of methoxy groups -OCH3 is 1. The van der Waals surface area contributed by atoms with Crippen LogP contribution in [0.1, 0.15) is 74.6 Å². The largest absolute Gasteiger partial charge is 0.467 e. The fourth-order valence-corrected chi connectivity index (χ4v) is 7.05. The van der Waals surface area contributed by atoms with Gasteiger partial charge in [-0.15, -0.1) is 0 Å². The van der Waals surface area contributed by atoms with Crippen LogP contribution in [-0.4, -0.2) is 31.9 Å². The Kier molecular flexibility index (Phi) is 9.59. The van der Waals surface area contributed by atoms with Gasteiger partial charge in [0.05, 0.1) is 0 Å². The predicted octanol–water partition coefficient (Wildman–Crippen LogP) is 6.68. The summed E-state index contributed by atoms with van der Waals surface area (Å²) in [7, 11) is 2.41. The highest BCUT2D eigenvalue weighted by Gasteiger charge is 2.34. The van der Waals surface area contributed by atoms with Gasteiger partial charge < -0.3 is 9.47 Å². The molecule has 176 valence electrons. The van der Waals surface area contributed by atoms with Gasteiger partial charge in [-0.1, -0.05) is 77.2 Å². The minimum atomic E-state index is 0.0760. The molecule has 2 aromatic carbocycles. The minimum absolute atomic E-state index is 0.0760. The quantitative estimate of drug-likeness (QED) is 0.279. The third kappa shape index (κ3) is 6.13. The van der Waals surface area contributed by atoms with Crippen LogP contribution in [0.15, 0.2) is 36.4 Å². The smallest absolute Gasteiger partial charge is 0.188 e. The monoisotopic (exact) mass is 455 g/mol. The lowest BCUT2D eigenvalue weighted by Crippen LogP contribution is -2.31. The summed E-state index contributed by atoms with van der Waals surface area (Å²) >= 11 is 0. The molecule has 32 heavy (non-hydrogen) atoms. The van der Waals surface area contributed by atoms with Crippen LogP contribution in [-0.2, 0) is 16.4 Å². The molecule has 2 atom stereocenters. The number of rotatable bonds is 11. The average molecular weight is 456 g/mol. The van der Waals surface area contributed by atoms with Gasteiger partial charge in [0.25, 0.3) is 0 Å². The van der Waals surface area contributed by atoms with Crippen LogP contribution in [0.4, 0.5) is 0 Å². The molecular formula is C28H42NO2P. The number of nitrogens with zero attached hydrogens (tertiary/aromatic N) is 1. The van der Waals surface area contributed by atoms with Crippen molar-refractivity contribution in [3.05, 3.63) is 58.7 Å². The Balaban J connectivity index is 2.01. The molecule has 2 unspecified atom stereocenters. The maximum atomic E-state index is 6.19. The van der Waals surface area contributed by atoms with Gasteiger partial charge in [0.2, 0.25) is 0 Å². The third-order valence-corrected chi connectivity index (χ3v) is 8.88. The topological polar surface area (TPSA) is 21.7 Å². The first-order valence-electron chi connectivity index (χ1n) is 12.3. The lowest BCUT2D eigenvalue weighted by Gasteiger charge is -2.37. The van der Waals surface area contributed by atoms with Crippen molar-refractivity contribution in [2.45, 2.75) is 77.9 Å². The van der Waals surface area contributed by atoms with Gasteiger partial charge >= 0.3 is 0 Å². The SMILES string of the molecule is CCCC(CC)(Pc1ccccc1CN1CCCCC1)c1cc(C)cc(C)c1OCOC. The van der Waals surface area contributed by atoms with E-state index in [2.05, 4.69) is 69.0 Å². The molecule has 0 saturated carbocycles. The summed E-state index contributed by atoms with van der Waals surface area (Å²) in [5, 5.41) is 1.59. The number of piperidine rings is 1.